The van der Waals surface area contributed by atoms with E-state index in [1.165, 1.54) is 5.56 Å². The van der Waals surface area contributed by atoms with Crippen LogP contribution in [-0.2, 0) is 26.3 Å². The average molecular weight is 373 g/mol. The largest absolute Gasteiger partial charge is 0.376 e. The number of amides is 2. The molecule has 2 unspecified atom stereocenters. The predicted octanol–water partition coefficient (Wildman–Crippen LogP) is 3.16. The summed E-state index contributed by atoms with van der Waals surface area (Å²) in [7, 11) is 0. The minimum absolute atomic E-state index is 0.00992. The summed E-state index contributed by atoms with van der Waals surface area (Å²) in [6.07, 6.45) is 3.89. The second-order valence-corrected chi connectivity index (χ2v) is 8.80. The quantitative estimate of drug-likeness (QED) is 0.834. The molecule has 1 N–H and O–H groups in total. The zero-order valence-electron chi connectivity index (χ0n) is 16.8. The predicted molar refractivity (Wildman–Crippen MR) is 105 cm³/mol. The Balaban J connectivity index is 1.54. The van der Waals surface area contributed by atoms with Gasteiger partial charge in [-0.2, -0.15) is 0 Å². The van der Waals surface area contributed by atoms with Crippen LogP contribution in [0.3, 0.4) is 0 Å². The summed E-state index contributed by atoms with van der Waals surface area (Å²) in [6, 6.07) is 8.46. The molecule has 2 saturated heterocycles. The van der Waals surface area contributed by atoms with E-state index in [1.54, 1.807) is 0 Å². The fourth-order valence-corrected chi connectivity index (χ4v) is 3.85. The maximum absolute atomic E-state index is 12.3. The van der Waals surface area contributed by atoms with E-state index in [9.17, 15) is 9.59 Å². The van der Waals surface area contributed by atoms with Crippen molar-refractivity contribution in [3.8, 4) is 0 Å². The van der Waals surface area contributed by atoms with Crippen molar-refractivity contribution < 1.29 is 14.3 Å². The van der Waals surface area contributed by atoms with E-state index < -0.39 is 0 Å². The maximum Gasteiger partial charge on any atom is 0.223 e. The SMILES string of the molecule is CC(C)(C)c1ccc(CN2C(=O)CCC2CC(=O)NCC2CCCO2)cc1. The maximum atomic E-state index is 12.3. The van der Waals surface area contributed by atoms with Crippen LogP contribution in [0.5, 0.6) is 0 Å². The molecule has 2 fully saturated rings. The Labute approximate surface area is 162 Å². The number of ether oxygens (including phenoxy) is 1. The average Bonchev–Trinajstić information content (AvgIpc) is 3.25. The molecule has 0 aromatic heterocycles. The van der Waals surface area contributed by atoms with Gasteiger partial charge in [0.25, 0.3) is 0 Å². The van der Waals surface area contributed by atoms with Gasteiger partial charge in [-0.05, 0) is 35.8 Å². The Hall–Kier alpha value is -1.88. The van der Waals surface area contributed by atoms with E-state index in [1.807, 2.05) is 4.90 Å². The van der Waals surface area contributed by atoms with Crippen LogP contribution >= 0.6 is 0 Å². The minimum atomic E-state index is -0.00992. The van der Waals surface area contributed by atoms with E-state index in [-0.39, 0.29) is 29.4 Å². The Morgan fingerprint density at radius 1 is 1.22 bits per heavy atom. The van der Waals surface area contributed by atoms with Crippen molar-refractivity contribution in [1.29, 1.82) is 0 Å². The van der Waals surface area contributed by atoms with E-state index in [4.69, 9.17) is 4.74 Å². The number of hydrogen-bond acceptors (Lipinski definition) is 3. The normalized spacial score (nSPS) is 23.1. The lowest BCUT2D eigenvalue weighted by Gasteiger charge is -2.25. The van der Waals surface area contributed by atoms with Crippen molar-refractivity contribution >= 4 is 11.8 Å². The number of hydrogen-bond donors (Lipinski definition) is 1. The van der Waals surface area contributed by atoms with Crippen LogP contribution in [0.15, 0.2) is 24.3 Å². The second kappa shape index (κ2) is 8.42. The van der Waals surface area contributed by atoms with Gasteiger partial charge in [0.1, 0.15) is 0 Å². The van der Waals surface area contributed by atoms with E-state index in [0.29, 0.717) is 25.9 Å². The Morgan fingerprint density at radius 2 is 1.96 bits per heavy atom. The third-order valence-electron chi connectivity index (χ3n) is 5.60. The first-order chi connectivity index (χ1) is 12.8. The van der Waals surface area contributed by atoms with Crippen LogP contribution in [0.4, 0.5) is 0 Å². The molecule has 148 valence electrons. The lowest BCUT2D eigenvalue weighted by molar-refractivity contribution is -0.130. The molecule has 1 aromatic rings. The molecule has 2 aliphatic heterocycles. The van der Waals surface area contributed by atoms with Crippen LogP contribution in [0.25, 0.3) is 0 Å². The Bertz CT molecular complexity index is 657. The summed E-state index contributed by atoms with van der Waals surface area (Å²) in [5.41, 5.74) is 2.51. The summed E-state index contributed by atoms with van der Waals surface area (Å²) in [4.78, 5) is 26.5. The standard InChI is InChI=1S/C22H32N2O3/c1-22(2,3)17-8-6-16(7-9-17)15-24-18(10-11-21(24)26)13-20(25)23-14-19-5-4-12-27-19/h6-9,18-19H,4-5,10-15H2,1-3H3,(H,23,25). The minimum Gasteiger partial charge on any atom is -0.376 e. The number of nitrogens with zero attached hydrogens (tertiary/aromatic N) is 1. The van der Waals surface area contributed by atoms with Gasteiger partial charge in [-0.15, -0.1) is 0 Å². The molecule has 1 aromatic carbocycles. The highest BCUT2D eigenvalue weighted by molar-refractivity contribution is 5.82. The molecule has 5 nitrogen and oxygen atoms in total. The van der Waals surface area contributed by atoms with Crippen LogP contribution in [0, 0.1) is 0 Å². The highest BCUT2D eigenvalue weighted by Crippen LogP contribution is 2.26. The smallest absolute Gasteiger partial charge is 0.223 e. The molecule has 0 saturated carbocycles. The van der Waals surface area contributed by atoms with Crippen molar-refractivity contribution in [2.45, 2.75) is 77.0 Å². The van der Waals surface area contributed by atoms with E-state index in [2.05, 4.69) is 50.4 Å². The number of rotatable bonds is 6. The third kappa shape index (κ3) is 5.32. The van der Waals surface area contributed by atoms with Crippen molar-refractivity contribution in [3.63, 3.8) is 0 Å². The van der Waals surface area contributed by atoms with Crippen molar-refractivity contribution in [1.82, 2.24) is 10.2 Å². The molecule has 2 aliphatic rings. The van der Waals surface area contributed by atoms with Crippen LogP contribution in [0.1, 0.15) is 64.0 Å². The zero-order valence-corrected chi connectivity index (χ0v) is 16.8. The molecule has 27 heavy (non-hydrogen) atoms. The fourth-order valence-electron chi connectivity index (χ4n) is 3.85. The highest BCUT2D eigenvalue weighted by atomic mass is 16.5. The van der Waals surface area contributed by atoms with Crippen molar-refractivity contribution in [2.24, 2.45) is 0 Å². The molecule has 0 bridgehead atoms. The first kappa shape index (κ1) is 19.9. The zero-order chi connectivity index (χ0) is 19.4. The van der Waals surface area contributed by atoms with Gasteiger partial charge in [0.2, 0.25) is 11.8 Å². The van der Waals surface area contributed by atoms with Gasteiger partial charge in [-0.1, -0.05) is 45.0 Å². The summed E-state index contributed by atoms with van der Waals surface area (Å²) >= 11 is 0. The van der Waals surface area contributed by atoms with Crippen LogP contribution in [0.2, 0.25) is 0 Å². The van der Waals surface area contributed by atoms with Gasteiger partial charge < -0.3 is 15.0 Å². The molecule has 0 radical (unpaired) electrons. The van der Waals surface area contributed by atoms with Gasteiger partial charge in [0.05, 0.1) is 6.10 Å². The molecule has 0 aliphatic carbocycles. The first-order valence-electron chi connectivity index (χ1n) is 10.1. The molecule has 2 heterocycles. The molecule has 0 spiro atoms. The van der Waals surface area contributed by atoms with Gasteiger partial charge >= 0.3 is 0 Å². The first-order valence-corrected chi connectivity index (χ1v) is 10.1. The lowest BCUT2D eigenvalue weighted by Crippen LogP contribution is -2.39. The molecule has 5 heteroatoms. The van der Waals surface area contributed by atoms with Crippen molar-refractivity contribution in [2.75, 3.05) is 13.2 Å². The molecule has 2 amide bonds. The number of likely N-dealkylation sites (tertiary alicyclic amines) is 1. The van der Waals surface area contributed by atoms with Gasteiger partial charge in [-0.25, -0.2) is 0 Å². The molecule has 3 rings (SSSR count). The fraction of sp³-hybridized carbons (Fsp3) is 0.636. The summed E-state index contributed by atoms with van der Waals surface area (Å²) in [5.74, 6) is 0.158. The molecule has 2 atom stereocenters. The topological polar surface area (TPSA) is 58.6 Å². The highest BCUT2D eigenvalue weighted by Gasteiger charge is 2.32. The van der Waals surface area contributed by atoms with Crippen LogP contribution < -0.4 is 5.32 Å². The van der Waals surface area contributed by atoms with Gasteiger partial charge in [0, 0.05) is 38.6 Å². The Kier molecular flexibility index (Phi) is 6.20. The third-order valence-corrected chi connectivity index (χ3v) is 5.60. The van der Waals surface area contributed by atoms with Gasteiger partial charge in [-0.3, -0.25) is 9.59 Å². The summed E-state index contributed by atoms with van der Waals surface area (Å²) < 4.78 is 5.54. The van der Waals surface area contributed by atoms with Gasteiger partial charge in [0.15, 0.2) is 0 Å². The molecular formula is C22H32N2O3. The molecular weight excluding hydrogens is 340 g/mol. The van der Waals surface area contributed by atoms with Crippen LogP contribution in [-0.4, -0.2) is 42.0 Å². The second-order valence-electron chi connectivity index (χ2n) is 8.80. The summed E-state index contributed by atoms with van der Waals surface area (Å²) in [5, 5.41) is 2.97. The lowest BCUT2D eigenvalue weighted by atomic mass is 9.87. The summed E-state index contributed by atoms with van der Waals surface area (Å²) in [6.45, 7) is 8.52. The number of carbonyl (C=O) groups excluding carboxylic acids is 2. The Morgan fingerprint density at radius 3 is 2.59 bits per heavy atom. The van der Waals surface area contributed by atoms with E-state index in [0.717, 1.165) is 31.4 Å². The number of nitrogens with one attached hydrogen (secondary N) is 1. The van der Waals surface area contributed by atoms with Crippen molar-refractivity contribution in [3.05, 3.63) is 35.4 Å². The number of carbonyl (C=O) groups is 2. The number of benzene rings is 1. The monoisotopic (exact) mass is 372 g/mol. The van der Waals surface area contributed by atoms with E-state index >= 15 is 0 Å².